The molecule has 1 amide bonds. The number of nitrogens with zero attached hydrogens (tertiary/aromatic N) is 1. The largest absolute Gasteiger partial charge is 1.00 e. The minimum Gasteiger partial charge on any atom is -0.670 e. The van der Waals surface area contributed by atoms with E-state index in [0.717, 1.165) is 6.42 Å². The third-order valence-electron chi connectivity index (χ3n) is 1.76. The second-order valence-corrected chi connectivity index (χ2v) is 3.04. The van der Waals surface area contributed by atoms with E-state index in [9.17, 15) is 4.79 Å². The van der Waals surface area contributed by atoms with Crippen molar-refractivity contribution < 1.29 is 56.2 Å². The molecule has 0 spiro atoms. The SMILES string of the molecule is C=CC(CCCN=C(N)N)NC(=O)C[NH-].[K+]. The molecule has 0 aromatic carbocycles. The molecule has 0 radical (unpaired) electrons. The number of nitrogens with one attached hydrogen (secondary N) is 2. The van der Waals surface area contributed by atoms with E-state index in [4.69, 9.17) is 17.2 Å². The number of carbonyl (C=O) groups excluding carboxylic acids is 1. The summed E-state index contributed by atoms with van der Waals surface area (Å²) < 4.78 is 0. The number of rotatable bonds is 7. The Balaban J connectivity index is 0. The molecule has 16 heavy (non-hydrogen) atoms. The third-order valence-corrected chi connectivity index (χ3v) is 1.76. The molecule has 7 heteroatoms. The van der Waals surface area contributed by atoms with E-state index in [1.54, 1.807) is 6.08 Å². The van der Waals surface area contributed by atoms with Gasteiger partial charge in [0.15, 0.2) is 11.9 Å². The first-order chi connectivity index (χ1) is 7.10. The summed E-state index contributed by atoms with van der Waals surface area (Å²) in [4.78, 5) is 14.7. The van der Waals surface area contributed by atoms with Gasteiger partial charge in [-0.05, 0) is 12.8 Å². The van der Waals surface area contributed by atoms with E-state index in [1.165, 1.54) is 0 Å². The molecular formula is C9H18KN5O. The van der Waals surface area contributed by atoms with Crippen LogP contribution in [0.3, 0.4) is 0 Å². The van der Waals surface area contributed by atoms with Gasteiger partial charge in [-0.3, -0.25) is 9.79 Å². The van der Waals surface area contributed by atoms with Crippen LogP contribution in [0.1, 0.15) is 12.8 Å². The average molecular weight is 251 g/mol. The van der Waals surface area contributed by atoms with Crippen LogP contribution in [0.25, 0.3) is 5.73 Å². The van der Waals surface area contributed by atoms with E-state index in [1.807, 2.05) is 0 Å². The molecule has 0 aliphatic heterocycles. The van der Waals surface area contributed by atoms with Gasteiger partial charge in [-0.1, -0.05) is 12.6 Å². The summed E-state index contributed by atoms with van der Waals surface area (Å²) in [5.74, 6) is -0.234. The van der Waals surface area contributed by atoms with Crippen LogP contribution < -0.4 is 68.2 Å². The van der Waals surface area contributed by atoms with Gasteiger partial charge in [-0.25, -0.2) is 0 Å². The number of hydrogen-bond acceptors (Lipinski definition) is 2. The first-order valence-electron chi connectivity index (χ1n) is 4.72. The van der Waals surface area contributed by atoms with Gasteiger partial charge in [-0.15, -0.1) is 6.58 Å². The maximum atomic E-state index is 10.9. The average Bonchev–Trinajstić information content (AvgIpc) is 2.21. The molecule has 86 valence electrons. The molecular weight excluding hydrogens is 233 g/mol. The molecule has 0 aliphatic rings. The van der Waals surface area contributed by atoms with Crippen molar-refractivity contribution in [2.24, 2.45) is 16.5 Å². The Morgan fingerprint density at radius 1 is 1.56 bits per heavy atom. The number of nitrogens with two attached hydrogens (primary N) is 2. The van der Waals surface area contributed by atoms with E-state index in [2.05, 4.69) is 16.9 Å². The quantitative estimate of drug-likeness (QED) is 0.145. The molecule has 0 heterocycles. The molecule has 6 N–H and O–H groups in total. The van der Waals surface area contributed by atoms with Crippen LogP contribution in [0.2, 0.25) is 0 Å². The zero-order chi connectivity index (χ0) is 11.7. The maximum absolute atomic E-state index is 10.9. The third kappa shape index (κ3) is 10.6. The monoisotopic (exact) mass is 251 g/mol. The minimum atomic E-state index is -0.304. The van der Waals surface area contributed by atoms with E-state index >= 15 is 0 Å². The predicted octanol–water partition coefficient (Wildman–Crippen LogP) is -3.23. The number of carbonyl (C=O) groups is 1. The smallest absolute Gasteiger partial charge is 0.670 e. The molecule has 0 aliphatic carbocycles. The molecule has 0 saturated carbocycles. The van der Waals surface area contributed by atoms with E-state index in [-0.39, 0.29) is 75.8 Å². The van der Waals surface area contributed by atoms with Gasteiger partial charge >= 0.3 is 51.4 Å². The molecule has 0 aromatic rings. The number of guanidine groups is 1. The normalized spacial score (nSPS) is 10.8. The topological polar surface area (TPSA) is 117 Å². The Morgan fingerprint density at radius 3 is 2.62 bits per heavy atom. The van der Waals surface area contributed by atoms with Crippen LogP contribution in [0.15, 0.2) is 17.6 Å². The summed E-state index contributed by atoms with van der Waals surface area (Å²) in [7, 11) is 0. The molecule has 1 atom stereocenters. The first-order valence-corrected chi connectivity index (χ1v) is 4.72. The molecule has 0 saturated heterocycles. The Labute approximate surface area is 139 Å². The fourth-order valence-corrected chi connectivity index (χ4v) is 1.03. The van der Waals surface area contributed by atoms with Crippen molar-refractivity contribution in [3.05, 3.63) is 18.4 Å². The van der Waals surface area contributed by atoms with Crippen LogP contribution in [0.4, 0.5) is 0 Å². The van der Waals surface area contributed by atoms with Crippen molar-refractivity contribution in [1.29, 1.82) is 0 Å². The molecule has 0 rings (SSSR count). The molecule has 6 nitrogen and oxygen atoms in total. The standard InChI is InChI=1S/C9H18N5O.K/c1-2-7(14-8(15)6-10)4-3-5-13-9(11)12;/h2,7,10H,1,3-6H2,(H,14,15)(H4,11,12,13);/q-1;+1. The van der Waals surface area contributed by atoms with Crippen molar-refractivity contribution in [3.8, 4) is 0 Å². The fourth-order valence-electron chi connectivity index (χ4n) is 1.03. The van der Waals surface area contributed by atoms with Crippen molar-refractivity contribution in [2.45, 2.75) is 18.9 Å². The maximum Gasteiger partial charge on any atom is 1.00 e. The van der Waals surface area contributed by atoms with Crippen LogP contribution >= 0.6 is 0 Å². The predicted molar refractivity (Wildman–Crippen MR) is 61.2 cm³/mol. The van der Waals surface area contributed by atoms with Crippen LogP contribution in [-0.4, -0.2) is 31.0 Å². The zero-order valence-electron chi connectivity index (χ0n) is 9.70. The molecule has 1 unspecified atom stereocenters. The summed E-state index contributed by atoms with van der Waals surface area (Å²) in [6, 6.07) is -0.114. The fraction of sp³-hybridized carbons (Fsp3) is 0.556. The Hall–Kier alpha value is 0.0764. The summed E-state index contributed by atoms with van der Waals surface area (Å²) in [5, 5.41) is 2.65. The Morgan fingerprint density at radius 2 is 2.19 bits per heavy atom. The van der Waals surface area contributed by atoms with Gasteiger partial charge in [0.25, 0.3) is 0 Å². The van der Waals surface area contributed by atoms with E-state index < -0.39 is 0 Å². The van der Waals surface area contributed by atoms with Gasteiger partial charge in [0.05, 0.1) is 0 Å². The second kappa shape index (κ2) is 11.6. The van der Waals surface area contributed by atoms with Crippen molar-refractivity contribution in [3.63, 3.8) is 0 Å². The first kappa shape index (κ1) is 18.4. The van der Waals surface area contributed by atoms with Gasteiger partial charge in [-0.2, -0.15) is 0 Å². The summed E-state index contributed by atoms with van der Waals surface area (Å²) in [5.41, 5.74) is 17.2. The van der Waals surface area contributed by atoms with Crippen molar-refractivity contribution >= 4 is 11.9 Å². The molecule has 0 bridgehead atoms. The van der Waals surface area contributed by atoms with Gasteiger partial charge in [0, 0.05) is 12.6 Å². The number of hydrogen-bond donors (Lipinski definition) is 3. The summed E-state index contributed by atoms with van der Waals surface area (Å²) >= 11 is 0. The second-order valence-electron chi connectivity index (χ2n) is 3.04. The van der Waals surface area contributed by atoms with E-state index in [0.29, 0.717) is 13.0 Å². The zero-order valence-corrected chi connectivity index (χ0v) is 12.8. The van der Waals surface area contributed by atoms with Gasteiger partial charge < -0.3 is 22.5 Å². The minimum absolute atomic E-state index is 0. The van der Waals surface area contributed by atoms with Crippen LogP contribution in [0, 0.1) is 0 Å². The summed E-state index contributed by atoms with van der Waals surface area (Å²) in [6.07, 6.45) is 3.11. The van der Waals surface area contributed by atoms with Crippen molar-refractivity contribution in [1.82, 2.24) is 5.32 Å². The Kier molecular flexibility index (Phi) is 13.3. The Bertz CT molecular complexity index is 240. The van der Waals surface area contributed by atoms with Gasteiger partial charge in [0.2, 0.25) is 0 Å². The number of amides is 1. The van der Waals surface area contributed by atoms with Crippen LogP contribution in [0.5, 0.6) is 0 Å². The molecule has 0 aromatic heterocycles. The summed E-state index contributed by atoms with van der Waals surface area (Å²) in [6.45, 7) is 3.87. The number of aliphatic imine (C=N–C) groups is 1. The van der Waals surface area contributed by atoms with Crippen molar-refractivity contribution in [2.75, 3.05) is 13.1 Å². The van der Waals surface area contributed by atoms with Gasteiger partial charge in [0.1, 0.15) is 0 Å². The molecule has 0 fully saturated rings. The van der Waals surface area contributed by atoms with Crippen LogP contribution in [-0.2, 0) is 4.79 Å².